The van der Waals surface area contributed by atoms with E-state index in [-0.39, 0.29) is 10.3 Å². The average Bonchev–Trinajstić information content (AvgIpc) is 2.87. The lowest BCUT2D eigenvalue weighted by Gasteiger charge is -2.14. The summed E-state index contributed by atoms with van der Waals surface area (Å²) in [4.78, 5) is 11.0. The Morgan fingerprint density at radius 2 is 2.10 bits per heavy atom. The van der Waals surface area contributed by atoms with Gasteiger partial charge in [-0.3, -0.25) is 4.79 Å². The predicted molar refractivity (Wildman–Crippen MR) is 79.5 cm³/mol. The third-order valence-corrected chi connectivity index (χ3v) is 6.08. The number of nitriles is 1. The summed E-state index contributed by atoms with van der Waals surface area (Å²) < 4.78 is 26.8. The van der Waals surface area contributed by atoms with Crippen LogP contribution in [0.1, 0.15) is 38.0 Å². The number of nitrogens with one attached hydrogen (secondary N) is 1. The van der Waals surface area contributed by atoms with Crippen LogP contribution in [0.3, 0.4) is 0 Å². The summed E-state index contributed by atoms with van der Waals surface area (Å²) >= 11 is 0.925. The molecule has 0 amide bonds. The minimum Gasteiger partial charge on any atom is -0.481 e. The number of carboxylic acids is 1. The van der Waals surface area contributed by atoms with E-state index < -0.39 is 21.9 Å². The van der Waals surface area contributed by atoms with Gasteiger partial charge in [0.05, 0.1) is 5.92 Å². The molecule has 6 nitrogen and oxygen atoms in total. The molecule has 0 saturated heterocycles. The number of carbonyl (C=O) groups is 1. The zero-order valence-corrected chi connectivity index (χ0v) is 13.5. The molecule has 1 rings (SSSR count). The molecule has 0 aliphatic rings. The number of nitrogens with zero attached hydrogens (tertiary/aromatic N) is 1. The fourth-order valence-electron chi connectivity index (χ4n) is 1.76. The molecule has 21 heavy (non-hydrogen) atoms. The topological polar surface area (TPSA) is 107 Å². The van der Waals surface area contributed by atoms with E-state index >= 15 is 0 Å². The summed E-state index contributed by atoms with van der Waals surface area (Å²) in [7, 11) is -3.61. The van der Waals surface area contributed by atoms with Crippen molar-refractivity contribution >= 4 is 27.3 Å². The van der Waals surface area contributed by atoms with Crippen LogP contribution in [0.25, 0.3) is 0 Å². The molecule has 1 aromatic rings. The van der Waals surface area contributed by atoms with Crippen molar-refractivity contribution in [3.8, 4) is 6.07 Å². The van der Waals surface area contributed by atoms with E-state index in [9.17, 15) is 13.2 Å². The lowest BCUT2D eigenvalue weighted by atomic mass is 10.0. The van der Waals surface area contributed by atoms with Crippen molar-refractivity contribution in [2.45, 2.75) is 43.4 Å². The Morgan fingerprint density at radius 1 is 1.43 bits per heavy atom. The van der Waals surface area contributed by atoms with Crippen molar-refractivity contribution in [3.63, 3.8) is 0 Å². The Morgan fingerprint density at radius 3 is 2.62 bits per heavy atom. The predicted octanol–water partition coefficient (Wildman–Crippen LogP) is 2.18. The highest BCUT2D eigenvalue weighted by Gasteiger charge is 2.20. The van der Waals surface area contributed by atoms with E-state index in [1.54, 1.807) is 13.8 Å². The second-order valence-electron chi connectivity index (χ2n) is 4.92. The van der Waals surface area contributed by atoms with Crippen LogP contribution in [0, 0.1) is 17.2 Å². The first kappa shape index (κ1) is 17.6. The third kappa shape index (κ3) is 5.46. The van der Waals surface area contributed by atoms with Crippen LogP contribution in [0.2, 0.25) is 0 Å². The molecule has 116 valence electrons. The molecule has 2 N–H and O–H groups in total. The maximum absolute atomic E-state index is 12.1. The molecule has 2 unspecified atom stereocenters. The average molecular weight is 330 g/mol. The Kier molecular flexibility index (Phi) is 6.33. The number of carboxylic acid groups (broad SMARTS) is 1. The molecule has 0 bridgehead atoms. The smallest absolute Gasteiger partial charge is 0.306 e. The highest BCUT2D eigenvalue weighted by molar-refractivity contribution is 7.91. The highest BCUT2D eigenvalue weighted by atomic mass is 32.2. The SMILES string of the molecule is CC(CCCC(C)C(=O)O)NS(=O)(=O)c1ccc(C#N)s1. The molecule has 0 aromatic carbocycles. The van der Waals surface area contributed by atoms with Crippen molar-refractivity contribution in [1.82, 2.24) is 4.72 Å². The number of hydrogen-bond acceptors (Lipinski definition) is 5. The third-order valence-electron chi connectivity index (χ3n) is 3.01. The number of thiophene rings is 1. The fourth-order valence-corrected chi connectivity index (χ4v) is 4.16. The van der Waals surface area contributed by atoms with Gasteiger partial charge < -0.3 is 5.11 Å². The van der Waals surface area contributed by atoms with Crippen LogP contribution in [-0.2, 0) is 14.8 Å². The largest absolute Gasteiger partial charge is 0.481 e. The van der Waals surface area contributed by atoms with Crippen molar-refractivity contribution < 1.29 is 18.3 Å². The molecule has 0 fully saturated rings. The van der Waals surface area contributed by atoms with Gasteiger partial charge in [-0.2, -0.15) is 5.26 Å². The van der Waals surface area contributed by atoms with Gasteiger partial charge in [0.2, 0.25) is 10.0 Å². The molecule has 0 saturated carbocycles. The number of sulfonamides is 1. The first-order valence-electron chi connectivity index (χ1n) is 6.51. The zero-order chi connectivity index (χ0) is 16.0. The van der Waals surface area contributed by atoms with Gasteiger partial charge in [-0.05, 0) is 31.9 Å². The van der Waals surface area contributed by atoms with Crippen molar-refractivity contribution in [2.24, 2.45) is 5.92 Å². The molecule has 8 heteroatoms. The summed E-state index contributed by atoms with van der Waals surface area (Å²) in [5.41, 5.74) is 0. The Hall–Kier alpha value is -1.43. The standard InChI is InChI=1S/C13H18N2O4S2/c1-9(13(16)17)4-3-5-10(2)15-21(18,19)12-7-6-11(8-14)20-12/h6-7,9-10,15H,3-5H2,1-2H3,(H,16,17). The van der Waals surface area contributed by atoms with Crippen molar-refractivity contribution in [1.29, 1.82) is 5.26 Å². The minimum absolute atomic E-state index is 0.116. The van der Waals surface area contributed by atoms with Crippen molar-refractivity contribution in [3.05, 3.63) is 17.0 Å². The molecule has 2 atom stereocenters. The Labute approximate surface area is 128 Å². The van der Waals surface area contributed by atoms with E-state index in [2.05, 4.69) is 4.72 Å². The molecule has 0 radical (unpaired) electrons. The number of rotatable bonds is 8. The van der Waals surface area contributed by atoms with Gasteiger partial charge in [0.25, 0.3) is 0 Å². The van der Waals surface area contributed by atoms with Crippen LogP contribution in [0.15, 0.2) is 16.3 Å². The summed E-state index contributed by atoms with van der Waals surface area (Å²) in [6.45, 7) is 3.37. The van der Waals surface area contributed by atoms with Gasteiger partial charge in [0.15, 0.2) is 0 Å². The Bertz CT molecular complexity index is 631. The lowest BCUT2D eigenvalue weighted by Crippen LogP contribution is -2.32. The van der Waals surface area contributed by atoms with Gasteiger partial charge in [0.1, 0.15) is 15.2 Å². The molecule has 0 aliphatic heterocycles. The van der Waals surface area contributed by atoms with Crippen LogP contribution >= 0.6 is 11.3 Å². The quantitative estimate of drug-likeness (QED) is 0.759. The maximum Gasteiger partial charge on any atom is 0.306 e. The second kappa shape index (κ2) is 7.54. The molecular formula is C13H18N2O4S2. The molecular weight excluding hydrogens is 312 g/mol. The lowest BCUT2D eigenvalue weighted by molar-refractivity contribution is -0.141. The van der Waals surface area contributed by atoms with E-state index in [4.69, 9.17) is 10.4 Å². The highest BCUT2D eigenvalue weighted by Crippen LogP contribution is 2.21. The van der Waals surface area contributed by atoms with Crippen LogP contribution in [0.4, 0.5) is 0 Å². The monoisotopic (exact) mass is 330 g/mol. The zero-order valence-electron chi connectivity index (χ0n) is 11.9. The minimum atomic E-state index is -3.61. The van der Waals surface area contributed by atoms with E-state index in [1.807, 2.05) is 6.07 Å². The summed E-state index contributed by atoms with van der Waals surface area (Å²) in [6.07, 6.45) is 1.71. The molecule has 1 heterocycles. The molecule has 1 aromatic heterocycles. The first-order valence-corrected chi connectivity index (χ1v) is 8.81. The van der Waals surface area contributed by atoms with E-state index in [0.29, 0.717) is 24.1 Å². The van der Waals surface area contributed by atoms with Crippen LogP contribution < -0.4 is 4.72 Å². The van der Waals surface area contributed by atoms with Crippen LogP contribution in [0.5, 0.6) is 0 Å². The first-order chi connectivity index (χ1) is 9.76. The van der Waals surface area contributed by atoms with Gasteiger partial charge in [-0.1, -0.05) is 13.3 Å². The number of aliphatic carboxylic acids is 1. The Balaban J connectivity index is 2.52. The van der Waals surface area contributed by atoms with E-state index in [1.165, 1.54) is 12.1 Å². The fraction of sp³-hybridized carbons (Fsp3) is 0.538. The molecule has 0 spiro atoms. The van der Waals surface area contributed by atoms with Crippen molar-refractivity contribution in [2.75, 3.05) is 0 Å². The maximum atomic E-state index is 12.1. The van der Waals surface area contributed by atoms with E-state index in [0.717, 1.165) is 11.3 Å². The van der Waals surface area contributed by atoms with Crippen LogP contribution in [-0.4, -0.2) is 25.5 Å². The number of hydrogen-bond donors (Lipinski definition) is 2. The summed E-state index contributed by atoms with van der Waals surface area (Å²) in [5, 5.41) is 17.5. The normalized spacial score (nSPS) is 14.3. The summed E-state index contributed by atoms with van der Waals surface area (Å²) in [6, 6.07) is 4.49. The summed E-state index contributed by atoms with van der Waals surface area (Å²) in [5.74, 6) is -1.27. The van der Waals surface area contributed by atoms with Gasteiger partial charge in [0, 0.05) is 6.04 Å². The van der Waals surface area contributed by atoms with Gasteiger partial charge in [-0.15, -0.1) is 11.3 Å². The molecule has 0 aliphatic carbocycles. The van der Waals surface area contributed by atoms with Gasteiger partial charge in [-0.25, -0.2) is 13.1 Å². The second-order valence-corrected chi connectivity index (χ2v) is 7.95. The van der Waals surface area contributed by atoms with Gasteiger partial charge >= 0.3 is 5.97 Å².